The maximum atomic E-state index is 13.0. The van der Waals surface area contributed by atoms with Crippen LogP contribution in [0, 0.1) is 5.92 Å². The van der Waals surface area contributed by atoms with Gasteiger partial charge in [0.1, 0.15) is 0 Å². The Labute approximate surface area is 98.5 Å². The molecule has 1 aliphatic heterocycles. The molecule has 0 bridgehead atoms. The molecule has 5 heteroatoms. The summed E-state index contributed by atoms with van der Waals surface area (Å²) in [5, 5.41) is 0. The van der Waals surface area contributed by atoms with Crippen molar-refractivity contribution in [3.05, 3.63) is 23.8 Å². The normalized spacial score (nSPS) is 18.5. The Hall–Kier alpha value is -1.36. The van der Waals surface area contributed by atoms with Crippen LogP contribution in [0.5, 0.6) is 11.5 Å². The number of fused-ring (bicyclic) bond motifs is 1. The highest BCUT2D eigenvalue weighted by atomic mass is 19.3. The van der Waals surface area contributed by atoms with E-state index < -0.39 is 6.29 Å². The number of nitrogens with two attached hydrogens (primary N) is 1. The fraction of sp³-hybridized carbons (Fsp3) is 0.500. The average molecular weight is 243 g/mol. The summed E-state index contributed by atoms with van der Waals surface area (Å²) in [7, 11) is 0. The molecule has 1 aromatic rings. The van der Waals surface area contributed by atoms with Crippen LogP contribution in [-0.4, -0.2) is 6.29 Å². The predicted molar refractivity (Wildman–Crippen MR) is 59.0 cm³/mol. The van der Waals surface area contributed by atoms with E-state index in [1.54, 1.807) is 12.1 Å². The van der Waals surface area contributed by atoms with Crippen LogP contribution in [0.4, 0.5) is 8.78 Å². The van der Waals surface area contributed by atoms with Crippen LogP contribution < -0.4 is 15.2 Å². The topological polar surface area (TPSA) is 44.5 Å². The number of para-hydroxylation sites is 1. The van der Waals surface area contributed by atoms with Crippen LogP contribution in [-0.2, 0) is 0 Å². The van der Waals surface area contributed by atoms with Gasteiger partial charge in [0.15, 0.2) is 11.5 Å². The number of alkyl halides is 2. The Morgan fingerprint density at radius 1 is 1.29 bits per heavy atom. The van der Waals surface area contributed by atoms with Crippen LogP contribution in [0.15, 0.2) is 18.2 Å². The molecule has 2 N–H and O–H groups in total. The van der Waals surface area contributed by atoms with E-state index in [4.69, 9.17) is 5.73 Å². The van der Waals surface area contributed by atoms with Gasteiger partial charge in [-0.15, -0.1) is 8.78 Å². The molecule has 0 unspecified atom stereocenters. The van der Waals surface area contributed by atoms with Gasteiger partial charge in [-0.1, -0.05) is 26.0 Å². The van der Waals surface area contributed by atoms with Crippen molar-refractivity contribution in [1.29, 1.82) is 0 Å². The SMILES string of the molecule is CC(C)C[C@H](N)c1cccc2c1OC(F)(F)O2. The molecular weight excluding hydrogens is 228 g/mol. The smallest absolute Gasteiger partial charge is 0.395 e. The summed E-state index contributed by atoms with van der Waals surface area (Å²) in [5.41, 5.74) is 6.54. The van der Waals surface area contributed by atoms with Crippen LogP contribution in [0.3, 0.4) is 0 Å². The minimum absolute atomic E-state index is 0.0479. The second-order valence-electron chi connectivity index (χ2n) is 4.58. The lowest BCUT2D eigenvalue weighted by Gasteiger charge is -2.16. The number of hydrogen-bond acceptors (Lipinski definition) is 3. The maximum Gasteiger partial charge on any atom is 0.586 e. The molecule has 2 rings (SSSR count). The van der Waals surface area contributed by atoms with Gasteiger partial charge in [0.2, 0.25) is 0 Å². The molecule has 0 saturated heterocycles. The molecule has 0 amide bonds. The highest BCUT2D eigenvalue weighted by molar-refractivity contribution is 5.50. The van der Waals surface area contributed by atoms with Crippen LogP contribution in [0.25, 0.3) is 0 Å². The van der Waals surface area contributed by atoms with Crippen molar-refractivity contribution in [2.45, 2.75) is 32.6 Å². The molecule has 1 heterocycles. The molecule has 1 atom stereocenters. The van der Waals surface area contributed by atoms with E-state index in [0.717, 1.165) is 0 Å². The summed E-state index contributed by atoms with van der Waals surface area (Å²) in [6.45, 7) is 4.05. The highest BCUT2D eigenvalue weighted by Gasteiger charge is 2.44. The van der Waals surface area contributed by atoms with Gasteiger partial charge in [0.25, 0.3) is 0 Å². The lowest BCUT2D eigenvalue weighted by molar-refractivity contribution is -0.287. The lowest BCUT2D eigenvalue weighted by atomic mass is 9.97. The quantitative estimate of drug-likeness (QED) is 0.887. The zero-order valence-electron chi connectivity index (χ0n) is 9.74. The van der Waals surface area contributed by atoms with Crippen molar-refractivity contribution in [2.75, 3.05) is 0 Å². The minimum Gasteiger partial charge on any atom is -0.395 e. The summed E-state index contributed by atoms with van der Waals surface area (Å²) >= 11 is 0. The van der Waals surface area contributed by atoms with Gasteiger partial charge in [0, 0.05) is 11.6 Å². The summed E-state index contributed by atoms with van der Waals surface area (Å²) in [6, 6.07) is 4.44. The van der Waals surface area contributed by atoms with Crippen molar-refractivity contribution in [3.63, 3.8) is 0 Å². The molecule has 0 radical (unpaired) electrons. The van der Waals surface area contributed by atoms with Gasteiger partial charge >= 0.3 is 6.29 Å². The first-order valence-electron chi connectivity index (χ1n) is 5.53. The second-order valence-corrected chi connectivity index (χ2v) is 4.58. The summed E-state index contributed by atoms with van der Waals surface area (Å²) in [4.78, 5) is 0. The van der Waals surface area contributed by atoms with E-state index in [0.29, 0.717) is 17.9 Å². The molecule has 3 nitrogen and oxygen atoms in total. The van der Waals surface area contributed by atoms with Gasteiger partial charge in [-0.25, -0.2) is 0 Å². The third kappa shape index (κ3) is 2.49. The third-order valence-corrected chi connectivity index (χ3v) is 2.58. The van der Waals surface area contributed by atoms with E-state index in [2.05, 4.69) is 9.47 Å². The van der Waals surface area contributed by atoms with E-state index in [1.165, 1.54) is 6.07 Å². The highest BCUT2D eigenvalue weighted by Crippen LogP contribution is 2.45. The molecule has 0 saturated carbocycles. The molecule has 1 aliphatic rings. The molecule has 0 fully saturated rings. The van der Waals surface area contributed by atoms with Crippen LogP contribution in [0.2, 0.25) is 0 Å². The molecule has 1 aromatic carbocycles. The van der Waals surface area contributed by atoms with E-state index in [-0.39, 0.29) is 17.5 Å². The van der Waals surface area contributed by atoms with Crippen molar-refractivity contribution in [1.82, 2.24) is 0 Å². The molecule has 0 spiro atoms. The van der Waals surface area contributed by atoms with Gasteiger partial charge in [-0.2, -0.15) is 0 Å². The molecule has 0 aromatic heterocycles. The van der Waals surface area contributed by atoms with Gasteiger partial charge in [0.05, 0.1) is 0 Å². The van der Waals surface area contributed by atoms with Gasteiger partial charge < -0.3 is 15.2 Å². The second kappa shape index (κ2) is 4.14. The largest absolute Gasteiger partial charge is 0.586 e. The van der Waals surface area contributed by atoms with Crippen molar-refractivity contribution in [3.8, 4) is 11.5 Å². The van der Waals surface area contributed by atoms with Crippen LogP contribution >= 0.6 is 0 Å². The number of benzene rings is 1. The molecule has 17 heavy (non-hydrogen) atoms. The van der Waals surface area contributed by atoms with Crippen LogP contribution in [0.1, 0.15) is 31.9 Å². The standard InChI is InChI=1S/C12H15F2NO2/c1-7(2)6-9(15)8-4-3-5-10-11(8)17-12(13,14)16-10/h3-5,7,9H,6,15H2,1-2H3/t9-/m0/s1. The average Bonchev–Trinajstić information content (AvgIpc) is 2.49. The summed E-state index contributed by atoms with van der Waals surface area (Å²) < 4.78 is 34.8. The number of rotatable bonds is 3. The predicted octanol–water partition coefficient (Wildman–Crippen LogP) is 3.05. The monoisotopic (exact) mass is 243 g/mol. The van der Waals surface area contributed by atoms with Gasteiger partial charge in [-0.3, -0.25) is 0 Å². The summed E-state index contributed by atoms with van der Waals surface area (Å²) in [5.74, 6) is 0.487. The van der Waals surface area contributed by atoms with Crippen molar-refractivity contribution < 1.29 is 18.3 Å². The van der Waals surface area contributed by atoms with Gasteiger partial charge in [-0.05, 0) is 18.4 Å². The minimum atomic E-state index is -3.59. The Kier molecular flexibility index (Phi) is 2.95. The molecular formula is C12H15F2NO2. The Bertz CT molecular complexity index is 421. The number of hydrogen-bond donors (Lipinski definition) is 1. The van der Waals surface area contributed by atoms with Crippen molar-refractivity contribution >= 4 is 0 Å². The third-order valence-electron chi connectivity index (χ3n) is 2.58. The van der Waals surface area contributed by atoms with Crippen molar-refractivity contribution in [2.24, 2.45) is 11.7 Å². The van der Waals surface area contributed by atoms with E-state index in [9.17, 15) is 8.78 Å². The maximum absolute atomic E-state index is 13.0. The zero-order valence-corrected chi connectivity index (χ0v) is 9.74. The first-order valence-corrected chi connectivity index (χ1v) is 5.53. The molecule has 94 valence electrons. The Morgan fingerprint density at radius 2 is 2.00 bits per heavy atom. The Morgan fingerprint density at radius 3 is 2.65 bits per heavy atom. The Balaban J connectivity index is 2.29. The van der Waals surface area contributed by atoms with E-state index in [1.807, 2.05) is 13.8 Å². The zero-order chi connectivity index (χ0) is 12.6. The lowest BCUT2D eigenvalue weighted by Crippen LogP contribution is -2.26. The first-order chi connectivity index (χ1) is 7.89. The van der Waals surface area contributed by atoms with E-state index >= 15 is 0 Å². The molecule has 0 aliphatic carbocycles. The first kappa shape index (κ1) is 12.1. The number of ether oxygens (including phenoxy) is 2. The number of halogens is 2. The fourth-order valence-electron chi connectivity index (χ4n) is 1.92. The summed E-state index contributed by atoms with van der Waals surface area (Å²) in [6.07, 6.45) is -2.89. The fourth-order valence-corrected chi connectivity index (χ4v) is 1.92.